The minimum Gasteiger partial charge on any atom is -0.384 e. The van der Waals surface area contributed by atoms with Crippen molar-refractivity contribution in [2.45, 2.75) is 12.0 Å². The van der Waals surface area contributed by atoms with E-state index in [0.29, 0.717) is 6.54 Å². The summed E-state index contributed by atoms with van der Waals surface area (Å²) >= 11 is 3.37. The van der Waals surface area contributed by atoms with Crippen molar-refractivity contribution in [3.05, 3.63) is 34.3 Å². The first-order valence-electron chi connectivity index (χ1n) is 4.40. The summed E-state index contributed by atoms with van der Waals surface area (Å²) in [6, 6.07) is 7.87. The number of benzene rings is 1. The summed E-state index contributed by atoms with van der Waals surface area (Å²) in [5.74, 6) is 0. The highest BCUT2D eigenvalue weighted by Crippen LogP contribution is 2.28. The van der Waals surface area contributed by atoms with Gasteiger partial charge in [-0.25, -0.2) is 0 Å². The van der Waals surface area contributed by atoms with Gasteiger partial charge in [-0.05, 0) is 30.7 Å². The Morgan fingerprint density at radius 3 is 2.54 bits per heavy atom. The summed E-state index contributed by atoms with van der Waals surface area (Å²) in [5, 5.41) is 13.3. The van der Waals surface area contributed by atoms with E-state index in [0.717, 1.165) is 23.0 Å². The molecule has 0 amide bonds. The molecule has 13 heavy (non-hydrogen) atoms. The fraction of sp³-hybridized carbons (Fsp3) is 0.400. The summed E-state index contributed by atoms with van der Waals surface area (Å²) in [7, 11) is 0. The zero-order chi connectivity index (χ0) is 9.31. The molecule has 0 aromatic heterocycles. The topological polar surface area (TPSA) is 32.3 Å². The van der Waals surface area contributed by atoms with Crippen LogP contribution in [0, 0.1) is 0 Å². The fourth-order valence-corrected chi connectivity index (χ4v) is 1.95. The Hall–Kier alpha value is -0.380. The molecule has 0 spiro atoms. The number of β-amino-alcohol motifs (C(OH)–C–C–N with tert-alkyl or cyclic N) is 1. The number of rotatable bonds is 1. The first-order valence-corrected chi connectivity index (χ1v) is 5.19. The minimum absolute atomic E-state index is 0.652. The van der Waals surface area contributed by atoms with Gasteiger partial charge < -0.3 is 10.4 Å². The highest BCUT2D eigenvalue weighted by atomic mass is 79.9. The van der Waals surface area contributed by atoms with Gasteiger partial charge in [0.1, 0.15) is 5.60 Å². The van der Waals surface area contributed by atoms with Crippen molar-refractivity contribution >= 4 is 15.9 Å². The van der Waals surface area contributed by atoms with Crippen LogP contribution < -0.4 is 5.32 Å². The molecule has 1 fully saturated rings. The Morgan fingerprint density at radius 2 is 2.00 bits per heavy atom. The van der Waals surface area contributed by atoms with Crippen molar-refractivity contribution in [1.82, 2.24) is 5.32 Å². The molecule has 1 aromatic carbocycles. The summed E-state index contributed by atoms with van der Waals surface area (Å²) in [5.41, 5.74) is 0.349. The fourth-order valence-electron chi connectivity index (χ4n) is 1.69. The van der Waals surface area contributed by atoms with Crippen LogP contribution in [0.15, 0.2) is 28.7 Å². The van der Waals surface area contributed by atoms with Crippen LogP contribution in [0.3, 0.4) is 0 Å². The van der Waals surface area contributed by atoms with Gasteiger partial charge in [0.25, 0.3) is 0 Å². The molecule has 1 aliphatic rings. The van der Waals surface area contributed by atoms with Crippen LogP contribution in [0.4, 0.5) is 0 Å². The Balaban J connectivity index is 2.29. The first-order chi connectivity index (χ1) is 6.21. The van der Waals surface area contributed by atoms with Crippen LogP contribution >= 0.6 is 15.9 Å². The van der Waals surface area contributed by atoms with Crippen LogP contribution in [0.2, 0.25) is 0 Å². The third kappa shape index (κ3) is 1.77. The van der Waals surface area contributed by atoms with Gasteiger partial charge in [0.05, 0.1) is 0 Å². The molecule has 0 aliphatic carbocycles. The van der Waals surface area contributed by atoms with E-state index < -0.39 is 5.60 Å². The smallest absolute Gasteiger partial charge is 0.103 e. The van der Waals surface area contributed by atoms with E-state index in [1.807, 2.05) is 24.3 Å². The molecule has 2 rings (SSSR count). The largest absolute Gasteiger partial charge is 0.384 e. The molecule has 2 N–H and O–H groups in total. The lowest BCUT2D eigenvalue weighted by atomic mass is 9.93. The second kappa shape index (κ2) is 3.40. The van der Waals surface area contributed by atoms with Crippen molar-refractivity contribution in [3.63, 3.8) is 0 Å². The Bertz CT molecular complexity index is 290. The predicted molar refractivity (Wildman–Crippen MR) is 55.5 cm³/mol. The maximum Gasteiger partial charge on any atom is 0.103 e. The second-order valence-electron chi connectivity index (χ2n) is 3.47. The van der Waals surface area contributed by atoms with Crippen molar-refractivity contribution in [3.8, 4) is 0 Å². The van der Waals surface area contributed by atoms with Crippen molar-refractivity contribution < 1.29 is 5.11 Å². The van der Waals surface area contributed by atoms with E-state index in [-0.39, 0.29) is 0 Å². The molecule has 3 heteroatoms. The predicted octanol–water partition coefficient (Wildman–Crippen LogP) is 1.63. The quantitative estimate of drug-likeness (QED) is 0.784. The zero-order valence-corrected chi connectivity index (χ0v) is 8.84. The molecule has 0 radical (unpaired) electrons. The van der Waals surface area contributed by atoms with Crippen molar-refractivity contribution in [2.75, 3.05) is 13.1 Å². The molecule has 1 atom stereocenters. The highest BCUT2D eigenvalue weighted by Gasteiger charge is 2.32. The molecule has 70 valence electrons. The lowest BCUT2D eigenvalue weighted by Crippen LogP contribution is -2.28. The average Bonchev–Trinajstić information content (AvgIpc) is 2.54. The molecule has 1 heterocycles. The van der Waals surface area contributed by atoms with E-state index in [1.165, 1.54) is 0 Å². The third-order valence-corrected chi connectivity index (χ3v) is 3.04. The maximum atomic E-state index is 10.2. The number of hydrogen-bond acceptors (Lipinski definition) is 2. The van der Waals surface area contributed by atoms with Gasteiger partial charge in [-0.1, -0.05) is 28.1 Å². The van der Waals surface area contributed by atoms with Gasteiger partial charge in [-0.2, -0.15) is 0 Å². The van der Waals surface area contributed by atoms with Crippen LogP contribution in [0.25, 0.3) is 0 Å². The van der Waals surface area contributed by atoms with E-state index in [1.54, 1.807) is 0 Å². The molecule has 1 saturated heterocycles. The molecule has 0 bridgehead atoms. The monoisotopic (exact) mass is 241 g/mol. The molecule has 1 aromatic rings. The maximum absolute atomic E-state index is 10.2. The number of halogens is 1. The average molecular weight is 242 g/mol. The van der Waals surface area contributed by atoms with E-state index in [2.05, 4.69) is 21.2 Å². The Morgan fingerprint density at radius 1 is 1.31 bits per heavy atom. The summed E-state index contributed by atoms with van der Waals surface area (Å²) < 4.78 is 1.05. The number of aliphatic hydroxyl groups is 1. The lowest BCUT2D eigenvalue weighted by Gasteiger charge is -2.21. The van der Waals surface area contributed by atoms with Crippen LogP contribution in [0.1, 0.15) is 12.0 Å². The molecule has 1 aliphatic heterocycles. The third-order valence-electron chi connectivity index (χ3n) is 2.51. The van der Waals surface area contributed by atoms with Crippen molar-refractivity contribution in [2.24, 2.45) is 0 Å². The summed E-state index contributed by atoms with van der Waals surface area (Å²) in [6.07, 6.45) is 0.800. The highest BCUT2D eigenvalue weighted by molar-refractivity contribution is 9.10. The van der Waals surface area contributed by atoms with Gasteiger partial charge in [-0.15, -0.1) is 0 Å². The van der Waals surface area contributed by atoms with Gasteiger partial charge >= 0.3 is 0 Å². The first kappa shape index (κ1) is 9.19. The minimum atomic E-state index is -0.652. The van der Waals surface area contributed by atoms with Crippen molar-refractivity contribution in [1.29, 1.82) is 0 Å². The molecular formula is C10H12BrNO. The van der Waals surface area contributed by atoms with Crippen LogP contribution in [-0.2, 0) is 5.60 Å². The molecule has 1 unspecified atom stereocenters. The second-order valence-corrected chi connectivity index (χ2v) is 4.38. The normalized spacial score (nSPS) is 27.8. The standard InChI is InChI=1S/C10H12BrNO/c11-9-3-1-8(2-4-9)10(13)5-6-12-7-10/h1-4,12-13H,5-7H2. The number of hydrogen-bond donors (Lipinski definition) is 2. The molecule has 0 saturated carbocycles. The van der Waals surface area contributed by atoms with Crippen LogP contribution in [-0.4, -0.2) is 18.2 Å². The molecule has 2 nitrogen and oxygen atoms in total. The number of nitrogens with one attached hydrogen (secondary N) is 1. The van der Waals surface area contributed by atoms with E-state index in [4.69, 9.17) is 0 Å². The Labute approximate surface area is 86.1 Å². The van der Waals surface area contributed by atoms with Crippen LogP contribution in [0.5, 0.6) is 0 Å². The van der Waals surface area contributed by atoms with Gasteiger partial charge in [-0.3, -0.25) is 0 Å². The summed E-state index contributed by atoms with van der Waals surface area (Å²) in [4.78, 5) is 0. The van der Waals surface area contributed by atoms with E-state index >= 15 is 0 Å². The summed E-state index contributed by atoms with van der Waals surface area (Å²) in [6.45, 7) is 1.56. The van der Waals surface area contributed by atoms with Gasteiger partial charge in [0.2, 0.25) is 0 Å². The molecular weight excluding hydrogens is 230 g/mol. The zero-order valence-electron chi connectivity index (χ0n) is 7.26. The van der Waals surface area contributed by atoms with E-state index in [9.17, 15) is 5.11 Å². The van der Waals surface area contributed by atoms with Gasteiger partial charge in [0, 0.05) is 11.0 Å². The SMILES string of the molecule is OC1(c2ccc(Br)cc2)CCNC1. The Kier molecular flexibility index (Phi) is 2.41. The lowest BCUT2D eigenvalue weighted by molar-refractivity contribution is 0.0587. The van der Waals surface area contributed by atoms with Gasteiger partial charge in [0.15, 0.2) is 0 Å².